The maximum Gasteiger partial charge on any atom is 0.245 e. The highest BCUT2D eigenvalue weighted by Gasteiger charge is 2.38. The van der Waals surface area contributed by atoms with E-state index < -0.39 is 27.2 Å². The Labute approximate surface area is 230 Å². The Morgan fingerprint density at radius 1 is 1.07 bits per heavy atom. The number of methoxy groups -OCH3 is 2. The Hall–Kier alpha value is -3.70. The average molecular weight is 582 g/mol. The molecule has 0 saturated carbocycles. The molecule has 3 aromatic rings. The van der Waals surface area contributed by atoms with Gasteiger partial charge in [-0.2, -0.15) is 9.97 Å². The van der Waals surface area contributed by atoms with Gasteiger partial charge in [0.05, 0.1) is 32.7 Å². The second-order valence-corrected chi connectivity index (χ2v) is 10.8. The normalized spacial score (nSPS) is 17.6. The zero-order valence-electron chi connectivity index (χ0n) is 22.4. The van der Waals surface area contributed by atoms with Crippen LogP contribution in [0, 0.1) is 5.82 Å². The maximum absolute atomic E-state index is 13.8. The van der Waals surface area contributed by atoms with Gasteiger partial charge in [0.2, 0.25) is 33.7 Å². The van der Waals surface area contributed by atoms with Crippen LogP contribution in [0.3, 0.4) is 0 Å². The first-order chi connectivity index (χ1) is 19.3. The van der Waals surface area contributed by atoms with E-state index >= 15 is 0 Å². The maximum atomic E-state index is 13.8. The van der Waals surface area contributed by atoms with Crippen LogP contribution < -0.4 is 19.1 Å². The van der Waals surface area contributed by atoms with E-state index in [4.69, 9.17) is 14.2 Å². The Balaban J connectivity index is 1.70. The third kappa shape index (κ3) is 6.53. The van der Waals surface area contributed by atoms with Crippen LogP contribution in [0.5, 0.6) is 11.8 Å². The highest BCUT2D eigenvalue weighted by atomic mass is 32.2. The molecule has 0 amide bonds. The molecule has 0 aliphatic carbocycles. The van der Waals surface area contributed by atoms with Crippen LogP contribution in [0.2, 0.25) is 0 Å². The van der Waals surface area contributed by atoms with Crippen LogP contribution in [0.15, 0.2) is 18.7 Å². The molecular formula is C23H32FN9O6S. The van der Waals surface area contributed by atoms with Gasteiger partial charge in [-0.1, -0.05) is 0 Å². The Morgan fingerprint density at radius 2 is 1.77 bits per heavy atom. The summed E-state index contributed by atoms with van der Waals surface area (Å²) < 4.78 is 61.6. The molecule has 1 saturated heterocycles. The number of nitrogens with one attached hydrogen (secondary N) is 1. The predicted molar refractivity (Wildman–Crippen MR) is 141 cm³/mol. The monoisotopic (exact) mass is 581 g/mol. The molecule has 0 radical (unpaired) electrons. The summed E-state index contributed by atoms with van der Waals surface area (Å²) in [5.74, 6) is 0.0887. The van der Waals surface area contributed by atoms with Crippen molar-refractivity contribution in [1.29, 1.82) is 0 Å². The summed E-state index contributed by atoms with van der Waals surface area (Å²) >= 11 is 0. The van der Waals surface area contributed by atoms with Crippen molar-refractivity contribution in [2.45, 2.75) is 44.0 Å². The summed E-state index contributed by atoms with van der Waals surface area (Å²) in [5, 5.41) is 16.6. The molecule has 0 aromatic carbocycles. The Kier molecular flexibility index (Phi) is 9.59. The number of aliphatic hydroxyl groups is 1. The summed E-state index contributed by atoms with van der Waals surface area (Å²) in [6.45, 7) is 2.56. The number of hydrogen-bond acceptors (Lipinski definition) is 13. The summed E-state index contributed by atoms with van der Waals surface area (Å²) in [6, 6.07) is 0. The van der Waals surface area contributed by atoms with Gasteiger partial charge in [-0.05, 0) is 26.2 Å². The van der Waals surface area contributed by atoms with Crippen molar-refractivity contribution in [1.82, 2.24) is 34.7 Å². The molecule has 2 N–H and O–H groups in total. The Morgan fingerprint density at radius 3 is 2.40 bits per heavy atom. The molecule has 3 aromatic heterocycles. The molecule has 17 heteroatoms. The van der Waals surface area contributed by atoms with Gasteiger partial charge in [0, 0.05) is 32.7 Å². The zero-order valence-corrected chi connectivity index (χ0v) is 23.2. The number of aliphatic hydroxyl groups excluding tert-OH is 1. The van der Waals surface area contributed by atoms with E-state index in [-0.39, 0.29) is 48.9 Å². The fourth-order valence-corrected chi connectivity index (χ4v) is 5.84. The molecule has 4 rings (SSSR count). The predicted octanol–water partition coefficient (Wildman–Crippen LogP) is 0.744. The number of unbranched alkanes of at least 4 members (excludes halogenated alkanes) is 1. The number of aromatic nitrogens is 7. The number of nitrogens with zero attached hydrogens (tertiary/aromatic N) is 8. The van der Waals surface area contributed by atoms with Crippen LogP contribution in [-0.2, 0) is 21.2 Å². The summed E-state index contributed by atoms with van der Waals surface area (Å²) in [4.78, 5) is 17.9. The number of sulfonamides is 1. The molecule has 218 valence electrons. The van der Waals surface area contributed by atoms with Gasteiger partial charge in [0.1, 0.15) is 17.4 Å². The van der Waals surface area contributed by atoms with Crippen molar-refractivity contribution in [3.8, 4) is 17.4 Å². The number of halogens is 1. The van der Waals surface area contributed by atoms with Crippen LogP contribution in [0.25, 0.3) is 5.69 Å². The lowest BCUT2D eigenvalue weighted by molar-refractivity contribution is 0.0531. The number of ether oxygens (including phenoxy) is 3. The number of hydrogen-bond donors (Lipinski definition) is 2. The van der Waals surface area contributed by atoms with Gasteiger partial charge >= 0.3 is 0 Å². The standard InChI is InChI=1S/C23H32FN9O6S/c1-4-39-16-9-17(13-32(12-16)22-25-10-15(24)11-26-22)40(35,36)31-23-30-29-18(7-5-6-8-34)33(23)19-20(37-2)27-14-28-21(19)38-3/h10-11,14,16-17,34H,4-9,12-13H2,1-3H3,(H,30,31)/t16-,17+/m1/s1. The van der Waals surface area contributed by atoms with E-state index in [1.807, 2.05) is 6.92 Å². The highest BCUT2D eigenvalue weighted by molar-refractivity contribution is 7.93. The lowest BCUT2D eigenvalue weighted by Gasteiger charge is -2.37. The van der Waals surface area contributed by atoms with Crippen molar-refractivity contribution < 1.29 is 32.1 Å². The molecule has 2 atom stereocenters. The van der Waals surface area contributed by atoms with Gasteiger partial charge in [-0.3, -0.25) is 9.29 Å². The number of anilines is 2. The first kappa shape index (κ1) is 29.3. The van der Waals surface area contributed by atoms with E-state index in [9.17, 15) is 17.9 Å². The molecule has 40 heavy (non-hydrogen) atoms. The van der Waals surface area contributed by atoms with Crippen LogP contribution in [0.4, 0.5) is 16.3 Å². The fourth-order valence-electron chi connectivity index (χ4n) is 4.44. The molecular weight excluding hydrogens is 549 g/mol. The number of piperidine rings is 1. The van der Waals surface area contributed by atoms with Crippen molar-refractivity contribution in [3.05, 3.63) is 30.4 Å². The summed E-state index contributed by atoms with van der Waals surface area (Å²) in [6.07, 6.45) is 4.49. The largest absolute Gasteiger partial charge is 0.479 e. The third-order valence-electron chi connectivity index (χ3n) is 6.24. The van der Waals surface area contributed by atoms with E-state index in [2.05, 4.69) is 34.9 Å². The molecule has 1 aliphatic rings. The number of aryl methyl sites for hydroxylation is 1. The van der Waals surface area contributed by atoms with E-state index in [1.165, 1.54) is 25.1 Å². The van der Waals surface area contributed by atoms with Gasteiger partial charge in [0.15, 0.2) is 11.5 Å². The van der Waals surface area contributed by atoms with Crippen LogP contribution in [-0.4, -0.2) is 100 Å². The topological polar surface area (TPSA) is 180 Å². The molecule has 0 unspecified atom stereocenters. The lowest BCUT2D eigenvalue weighted by Crippen LogP contribution is -2.51. The highest BCUT2D eigenvalue weighted by Crippen LogP contribution is 2.33. The van der Waals surface area contributed by atoms with Crippen LogP contribution in [0.1, 0.15) is 32.0 Å². The summed E-state index contributed by atoms with van der Waals surface area (Å²) in [7, 11) is -1.29. The minimum Gasteiger partial charge on any atom is -0.479 e. The molecule has 4 heterocycles. The average Bonchev–Trinajstić information content (AvgIpc) is 3.33. The zero-order chi connectivity index (χ0) is 28.7. The van der Waals surface area contributed by atoms with Crippen molar-refractivity contribution in [2.75, 3.05) is 50.1 Å². The van der Waals surface area contributed by atoms with Gasteiger partial charge in [-0.15, -0.1) is 10.2 Å². The lowest BCUT2D eigenvalue weighted by atomic mass is 10.1. The fraction of sp³-hybridized carbons (Fsp3) is 0.565. The van der Waals surface area contributed by atoms with Gasteiger partial charge < -0.3 is 24.2 Å². The van der Waals surface area contributed by atoms with Gasteiger partial charge in [-0.25, -0.2) is 22.8 Å². The summed E-state index contributed by atoms with van der Waals surface area (Å²) in [5.41, 5.74) is 0.214. The second-order valence-electron chi connectivity index (χ2n) is 8.89. The van der Waals surface area contributed by atoms with Crippen molar-refractivity contribution in [2.24, 2.45) is 0 Å². The SMILES string of the molecule is CCO[C@@H]1C[C@H](S(=O)(=O)Nc2nnc(CCCCO)n2-c2c(OC)ncnc2OC)CN(c2ncc(F)cn2)C1. The van der Waals surface area contributed by atoms with Crippen molar-refractivity contribution >= 4 is 21.9 Å². The number of rotatable bonds is 13. The Bertz CT molecular complexity index is 1350. The molecule has 15 nitrogen and oxygen atoms in total. The molecule has 1 fully saturated rings. The molecule has 1 aliphatic heterocycles. The smallest absolute Gasteiger partial charge is 0.245 e. The molecule has 0 bridgehead atoms. The van der Waals surface area contributed by atoms with E-state index in [0.717, 1.165) is 12.4 Å². The first-order valence-corrected chi connectivity index (χ1v) is 14.2. The van der Waals surface area contributed by atoms with Crippen molar-refractivity contribution in [3.63, 3.8) is 0 Å². The van der Waals surface area contributed by atoms with Crippen LogP contribution >= 0.6 is 0 Å². The molecule has 0 spiro atoms. The minimum atomic E-state index is -4.11. The van der Waals surface area contributed by atoms with E-state index in [1.54, 1.807) is 4.90 Å². The second kappa shape index (κ2) is 13.1. The quantitative estimate of drug-likeness (QED) is 0.270. The van der Waals surface area contributed by atoms with Gasteiger partial charge in [0.25, 0.3) is 0 Å². The minimum absolute atomic E-state index is 0.00827. The van der Waals surface area contributed by atoms with E-state index in [0.29, 0.717) is 38.2 Å². The first-order valence-electron chi connectivity index (χ1n) is 12.6. The third-order valence-corrected chi connectivity index (χ3v) is 7.93.